The third-order valence-corrected chi connectivity index (χ3v) is 5.58. The smallest absolute Gasteiger partial charge is 0.366 e. The van der Waals surface area contributed by atoms with E-state index in [0.29, 0.717) is 30.8 Å². The van der Waals surface area contributed by atoms with Gasteiger partial charge in [0.15, 0.2) is 11.6 Å². The number of pyridine rings is 2. The second kappa shape index (κ2) is 8.68. The van der Waals surface area contributed by atoms with Gasteiger partial charge in [0.1, 0.15) is 11.5 Å². The molecule has 1 saturated heterocycles. The van der Waals surface area contributed by atoms with E-state index in [9.17, 15) is 27.6 Å². The van der Waals surface area contributed by atoms with Gasteiger partial charge in [0.05, 0.1) is 23.7 Å². The Bertz CT molecular complexity index is 1090. The van der Waals surface area contributed by atoms with Crippen LogP contribution in [-0.4, -0.2) is 60.0 Å². The Morgan fingerprint density at radius 2 is 1.97 bits per heavy atom. The topological polar surface area (TPSA) is 108 Å². The number of hydrogen-bond donors (Lipinski definition) is 2. The third kappa shape index (κ3) is 4.73. The highest BCUT2D eigenvalue weighted by Crippen LogP contribution is 2.39. The van der Waals surface area contributed by atoms with Gasteiger partial charge in [-0.15, -0.1) is 0 Å². The minimum absolute atomic E-state index is 0.119. The van der Waals surface area contributed by atoms with Crippen molar-refractivity contribution in [1.82, 2.24) is 15.3 Å². The van der Waals surface area contributed by atoms with Crippen LogP contribution < -0.4 is 20.4 Å². The number of rotatable bonds is 5. The number of aromatic nitrogens is 2. The number of amides is 3. The summed E-state index contributed by atoms with van der Waals surface area (Å²) in [6.07, 6.45) is -4.39. The Kier molecular flexibility index (Phi) is 5.91. The summed E-state index contributed by atoms with van der Waals surface area (Å²) >= 11 is 0. The first kappa shape index (κ1) is 22.5. The number of alkyl halides is 3. The van der Waals surface area contributed by atoms with Crippen LogP contribution in [-0.2, 0) is 0 Å². The van der Waals surface area contributed by atoms with Gasteiger partial charge in [-0.25, -0.2) is 14.8 Å². The van der Waals surface area contributed by atoms with Crippen molar-refractivity contribution in [3.8, 4) is 0 Å². The van der Waals surface area contributed by atoms with E-state index in [0.717, 1.165) is 0 Å². The Balaban J connectivity index is 1.57. The van der Waals surface area contributed by atoms with Crippen LogP contribution >= 0.6 is 0 Å². The van der Waals surface area contributed by atoms with Crippen LogP contribution in [0.4, 0.5) is 35.3 Å². The molecule has 2 aliphatic heterocycles. The molecule has 4 rings (SSSR count). The molecule has 2 aromatic rings. The fourth-order valence-corrected chi connectivity index (χ4v) is 3.93. The maximum atomic E-state index is 13.1. The van der Waals surface area contributed by atoms with Crippen LogP contribution in [0.1, 0.15) is 40.1 Å². The molecule has 12 heteroatoms. The number of nitrogens with one attached hydrogen (secondary N) is 2. The average molecular weight is 462 g/mol. The van der Waals surface area contributed by atoms with E-state index in [4.69, 9.17) is 0 Å². The van der Waals surface area contributed by atoms with E-state index in [2.05, 4.69) is 20.6 Å². The quantitative estimate of drug-likeness (QED) is 0.662. The second-order valence-corrected chi connectivity index (χ2v) is 7.78. The van der Waals surface area contributed by atoms with Crippen molar-refractivity contribution < 1.29 is 27.6 Å². The van der Waals surface area contributed by atoms with E-state index < -0.39 is 30.8 Å². The number of carbonyl (C=O) groups is 3. The monoisotopic (exact) mass is 462 g/mol. The Hall–Kier alpha value is -3.70. The standard InChI is InChI=1S/C21H21F3N6O3/c1-25-19(32)12-2-5-17(26-10-12)28-20(33)30-13-7-9-29(11-13)15-4-3-14(27-18(15)30)16(31)6-8-21(22,23)24/h2-5,10,13H,6-9,11H2,1H3,(H,25,32)(H,26,28,33)/t13-/m0/s1. The van der Waals surface area contributed by atoms with Gasteiger partial charge in [0.2, 0.25) is 0 Å². The fourth-order valence-electron chi connectivity index (χ4n) is 3.93. The summed E-state index contributed by atoms with van der Waals surface area (Å²) in [7, 11) is 1.49. The van der Waals surface area contributed by atoms with Crippen LogP contribution in [0.15, 0.2) is 30.5 Å². The maximum Gasteiger partial charge on any atom is 0.389 e. The molecule has 33 heavy (non-hydrogen) atoms. The molecule has 0 unspecified atom stereocenters. The van der Waals surface area contributed by atoms with E-state index in [1.54, 1.807) is 6.07 Å². The number of fused-ring (bicyclic) bond motifs is 4. The molecule has 174 valence electrons. The average Bonchev–Trinajstić information content (AvgIpc) is 3.20. The highest BCUT2D eigenvalue weighted by atomic mass is 19.4. The van der Waals surface area contributed by atoms with Crippen molar-refractivity contribution in [3.05, 3.63) is 41.7 Å². The number of anilines is 3. The van der Waals surface area contributed by atoms with Crippen LogP contribution in [0.2, 0.25) is 0 Å². The zero-order valence-electron chi connectivity index (χ0n) is 17.6. The van der Waals surface area contributed by atoms with Crippen molar-refractivity contribution in [2.45, 2.75) is 31.5 Å². The summed E-state index contributed by atoms with van der Waals surface area (Å²) in [5.74, 6) is -0.619. The van der Waals surface area contributed by atoms with Crippen LogP contribution in [0.25, 0.3) is 0 Å². The number of halogens is 3. The fraction of sp³-hybridized carbons (Fsp3) is 0.381. The van der Waals surface area contributed by atoms with E-state index in [1.165, 1.54) is 36.3 Å². The minimum atomic E-state index is -4.44. The number of ketones is 1. The van der Waals surface area contributed by atoms with Crippen molar-refractivity contribution in [2.75, 3.05) is 35.3 Å². The van der Waals surface area contributed by atoms with Gasteiger partial charge >= 0.3 is 12.2 Å². The molecule has 0 spiro atoms. The van der Waals surface area contributed by atoms with Crippen molar-refractivity contribution >= 4 is 35.0 Å². The van der Waals surface area contributed by atoms with E-state index >= 15 is 0 Å². The number of hydrogen-bond acceptors (Lipinski definition) is 6. The summed E-state index contributed by atoms with van der Waals surface area (Å²) in [5, 5.41) is 5.14. The number of nitrogens with zero attached hydrogens (tertiary/aromatic N) is 4. The van der Waals surface area contributed by atoms with Crippen molar-refractivity contribution in [2.24, 2.45) is 0 Å². The molecular formula is C21H21F3N6O3. The Morgan fingerprint density at radius 3 is 2.64 bits per heavy atom. The number of Topliss-reactive ketones (excluding diaryl/α,β-unsaturated/α-hetero) is 1. The van der Waals surface area contributed by atoms with Crippen LogP contribution in [0.3, 0.4) is 0 Å². The molecule has 0 aliphatic carbocycles. The molecule has 0 radical (unpaired) electrons. The first-order chi connectivity index (χ1) is 15.7. The molecule has 0 saturated carbocycles. The molecule has 2 aliphatic rings. The summed E-state index contributed by atoms with van der Waals surface area (Å²) < 4.78 is 37.5. The number of carbonyl (C=O) groups excluding carboxylic acids is 3. The van der Waals surface area contributed by atoms with Crippen molar-refractivity contribution in [3.63, 3.8) is 0 Å². The summed E-state index contributed by atoms with van der Waals surface area (Å²) in [6, 6.07) is 5.26. The molecule has 0 aromatic carbocycles. The molecule has 1 fully saturated rings. The molecule has 4 heterocycles. The van der Waals surface area contributed by atoms with E-state index in [1.807, 2.05) is 4.90 Å². The lowest BCUT2D eigenvalue weighted by Gasteiger charge is -2.35. The highest BCUT2D eigenvalue weighted by molar-refractivity contribution is 6.05. The van der Waals surface area contributed by atoms with Gasteiger partial charge in [-0.3, -0.25) is 19.8 Å². The van der Waals surface area contributed by atoms with Gasteiger partial charge in [0.25, 0.3) is 5.91 Å². The number of urea groups is 1. The summed E-state index contributed by atoms with van der Waals surface area (Å²) in [5.41, 5.74) is 0.842. The predicted octanol–water partition coefficient (Wildman–Crippen LogP) is 2.99. The summed E-state index contributed by atoms with van der Waals surface area (Å²) in [6.45, 7) is 1.26. The largest absolute Gasteiger partial charge is 0.389 e. The molecule has 9 nitrogen and oxygen atoms in total. The second-order valence-electron chi connectivity index (χ2n) is 7.78. The lowest BCUT2D eigenvalue weighted by molar-refractivity contribution is -0.133. The first-order valence-electron chi connectivity index (χ1n) is 10.3. The molecule has 3 amide bonds. The van der Waals surface area contributed by atoms with E-state index in [-0.39, 0.29) is 29.3 Å². The molecule has 2 aromatic heterocycles. The lowest BCUT2D eigenvalue weighted by Crippen LogP contribution is -2.48. The zero-order chi connectivity index (χ0) is 23.8. The van der Waals surface area contributed by atoms with Crippen LogP contribution in [0.5, 0.6) is 0 Å². The Labute approximate surface area is 187 Å². The summed E-state index contributed by atoms with van der Waals surface area (Å²) in [4.78, 5) is 48.9. The van der Waals surface area contributed by atoms with Crippen molar-refractivity contribution in [1.29, 1.82) is 0 Å². The van der Waals surface area contributed by atoms with Gasteiger partial charge in [0, 0.05) is 32.8 Å². The van der Waals surface area contributed by atoms with Crippen LogP contribution in [0, 0.1) is 0 Å². The minimum Gasteiger partial charge on any atom is -0.366 e. The first-order valence-corrected chi connectivity index (χ1v) is 10.3. The molecular weight excluding hydrogens is 441 g/mol. The zero-order valence-corrected chi connectivity index (χ0v) is 17.6. The Morgan fingerprint density at radius 1 is 1.18 bits per heavy atom. The normalized spacial score (nSPS) is 16.9. The lowest BCUT2D eigenvalue weighted by atomic mass is 10.1. The van der Waals surface area contributed by atoms with Gasteiger partial charge in [-0.2, -0.15) is 13.2 Å². The molecule has 2 bridgehead atoms. The highest BCUT2D eigenvalue weighted by Gasteiger charge is 2.40. The van der Waals surface area contributed by atoms with Gasteiger partial charge in [-0.1, -0.05) is 0 Å². The van der Waals surface area contributed by atoms with Gasteiger partial charge in [-0.05, 0) is 30.7 Å². The molecule has 1 atom stereocenters. The maximum absolute atomic E-state index is 13.1. The van der Waals surface area contributed by atoms with Gasteiger partial charge < -0.3 is 10.2 Å². The predicted molar refractivity (Wildman–Crippen MR) is 114 cm³/mol. The molecule has 2 N–H and O–H groups in total. The SMILES string of the molecule is CNC(=O)c1ccc(NC(=O)N2c3nc(C(=O)CCC(F)(F)F)ccc3N3CC[C@H]2C3)nc1. The third-order valence-electron chi connectivity index (χ3n) is 5.58.